The summed E-state index contributed by atoms with van der Waals surface area (Å²) in [7, 11) is 1.60. The number of para-hydroxylation sites is 1. The number of aromatic nitrogens is 3. The highest BCUT2D eigenvalue weighted by Crippen LogP contribution is 2.32. The molecule has 4 rings (SSSR count). The Morgan fingerprint density at radius 3 is 2.80 bits per heavy atom. The van der Waals surface area contributed by atoms with Crippen molar-refractivity contribution in [3.05, 3.63) is 72.6 Å². The van der Waals surface area contributed by atoms with E-state index >= 15 is 0 Å². The molecule has 0 spiro atoms. The molecule has 4 aromatic rings. The summed E-state index contributed by atoms with van der Waals surface area (Å²) in [6.07, 6.45) is 1.72. The van der Waals surface area contributed by atoms with E-state index < -0.39 is 0 Å². The number of pyridine rings is 1. The second-order valence-electron chi connectivity index (χ2n) is 5.75. The van der Waals surface area contributed by atoms with Gasteiger partial charge in [-0.15, -0.1) is 0 Å². The van der Waals surface area contributed by atoms with Gasteiger partial charge >= 0.3 is 0 Å². The first-order valence-corrected chi connectivity index (χ1v) is 7.98. The van der Waals surface area contributed by atoms with E-state index in [1.165, 1.54) is 0 Å². The standard InChI is InChI=1S/C20H17N3O2/c1-25-16-8-9-20(24)17(12-16)19-10-11-21-23(19)13-15-7-6-14-4-2-3-5-18(14)22-15/h2-12,24H,13H2,1H3. The van der Waals surface area contributed by atoms with Gasteiger partial charge in [0.25, 0.3) is 0 Å². The Hall–Kier alpha value is -3.34. The Morgan fingerprint density at radius 1 is 1.04 bits per heavy atom. The lowest BCUT2D eigenvalue weighted by Crippen LogP contribution is -2.05. The predicted octanol–water partition coefficient (Wildman–Crippen LogP) is 3.86. The van der Waals surface area contributed by atoms with Crippen LogP contribution in [-0.2, 0) is 6.54 Å². The van der Waals surface area contributed by atoms with E-state index in [0.717, 1.165) is 22.3 Å². The Balaban J connectivity index is 1.72. The van der Waals surface area contributed by atoms with Crippen molar-refractivity contribution in [1.29, 1.82) is 0 Å². The maximum Gasteiger partial charge on any atom is 0.125 e. The van der Waals surface area contributed by atoms with Crippen LogP contribution in [0.25, 0.3) is 22.2 Å². The van der Waals surface area contributed by atoms with E-state index in [1.54, 1.807) is 31.5 Å². The Morgan fingerprint density at radius 2 is 1.92 bits per heavy atom. The highest BCUT2D eigenvalue weighted by atomic mass is 16.5. The molecule has 0 saturated heterocycles. The zero-order valence-electron chi connectivity index (χ0n) is 13.8. The number of hydrogen-bond acceptors (Lipinski definition) is 4. The molecule has 5 nitrogen and oxygen atoms in total. The quantitative estimate of drug-likeness (QED) is 0.617. The van der Waals surface area contributed by atoms with Crippen LogP contribution >= 0.6 is 0 Å². The number of phenolic OH excluding ortho intramolecular Hbond substituents is 1. The molecule has 0 aliphatic rings. The third-order valence-electron chi connectivity index (χ3n) is 4.16. The molecule has 0 unspecified atom stereocenters. The zero-order chi connectivity index (χ0) is 17.2. The Bertz CT molecular complexity index is 1040. The fraction of sp³-hybridized carbons (Fsp3) is 0.100. The SMILES string of the molecule is COc1ccc(O)c(-c2ccnn2Cc2ccc3ccccc3n2)c1. The molecule has 0 amide bonds. The average Bonchev–Trinajstić information content (AvgIpc) is 3.10. The van der Waals surface area contributed by atoms with E-state index in [9.17, 15) is 5.11 Å². The summed E-state index contributed by atoms with van der Waals surface area (Å²) in [6.45, 7) is 0.518. The van der Waals surface area contributed by atoms with Crippen LogP contribution in [0.5, 0.6) is 11.5 Å². The lowest BCUT2D eigenvalue weighted by molar-refractivity contribution is 0.412. The second kappa shape index (κ2) is 6.28. The van der Waals surface area contributed by atoms with Crippen molar-refractivity contribution in [2.24, 2.45) is 0 Å². The van der Waals surface area contributed by atoms with Crippen LogP contribution in [0.4, 0.5) is 0 Å². The van der Waals surface area contributed by atoms with Crippen LogP contribution in [0, 0.1) is 0 Å². The first-order valence-electron chi connectivity index (χ1n) is 7.98. The fourth-order valence-electron chi connectivity index (χ4n) is 2.88. The molecule has 5 heteroatoms. The third kappa shape index (κ3) is 2.92. The number of benzene rings is 2. The maximum absolute atomic E-state index is 10.2. The van der Waals surface area contributed by atoms with Gasteiger partial charge in [-0.2, -0.15) is 5.10 Å². The van der Waals surface area contributed by atoms with E-state index in [2.05, 4.69) is 11.2 Å². The van der Waals surface area contributed by atoms with Crippen LogP contribution < -0.4 is 4.74 Å². The molecule has 0 bridgehead atoms. The molecule has 0 radical (unpaired) electrons. The van der Waals surface area contributed by atoms with Gasteiger partial charge in [0.05, 0.1) is 30.6 Å². The smallest absolute Gasteiger partial charge is 0.125 e. The van der Waals surface area contributed by atoms with Gasteiger partial charge in [-0.25, -0.2) is 0 Å². The summed E-state index contributed by atoms with van der Waals surface area (Å²) < 4.78 is 7.09. The summed E-state index contributed by atoms with van der Waals surface area (Å²) >= 11 is 0. The third-order valence-corrected chi connectivity index (χ3v) is 4.16. The number of ether oxygens (including phenoxy) is 1. The number of rotatable bonds is 4. The van der Waals surface area contributed by atoms with E-state index in [0.29, 0.717) is 17.9 Å². The molecule has 0 aliphatic carbocycles. The molecule has 2 heterocycles. The number of phenols is 1. The number of fused-ring (bicyclic) bond motifs is 1. The van der Waals surface area contributed by atoms with Crippen molar-refractivity contribution in [1.82, 2.24) is 14.8 Å². The number of hydrogen-bond donors (Lipinski definition) is 1. The van der Waals surface area contributed by atoms with E-state index in [-0.39, 0.29) is 5.75 Å². The van der Waals surface area contributed by atoms with Crippen molar-refractivity contribution in [3.8, 4) is 22.8 Å². The monoisotopic (exact) mass is 331 g/mol. The molecular weight excluding hydrogens is 314 g/mol. The molecule has 0 saturated carbocycles. The van der Waals surface area contributed by atoms with Gasteiger partial charge in [-0.1, -0.05) is 24.3 Å². The normalized spacial score (nSPS) is 10.9. The first kappa shape index (κ1) is 15.2. The van der Waals surface area contributed by atoms with E-state index in [1.807, 2.05) is 41.1 Å². The van der Waals surface area contributed by atoms with Crippen LogP contribution in [0.3, 0.4) is 0 Å². The Labute approximate surface area is 145 Å². The molecule has 0 aliphatic heterocycles. The summed E-state index contributed by atoms with van der Waals surface area (Å²) in [5, 5.41) is 15.7. The highest BCUT2D eigenvalue weighted by Gasteiger charge is 2.12. The predicted molar refractivity (Wildman–Crippen MR) is 96.7 cm³/mol. The largest absolute Gasteiger partial charge is 0.507 e. The molecule has 0 atom stereocenters. The minimum Gasteiger partial charge on any atom is -0.507 e. The van der Waals surface area contributed by atoms with Gasteiger partial charge in [0.1, 0.15) is 11.5 Å². The summed E-state index contributed by atoms with van der Waals surface area (Å²) in [5.41, 5.74) is 3.35. The minimum atomic E-state index is 0.189. The molecule has 1 N–H and O–H groups in total. The number of nitrogens with zero attached hydrogens (tertiary/aromatic N) is 3. The van der Waals surface area contributed by atoms with Crippen LogP contribution in [-0.4, -0.2) is 27.0 Å². The van der Waals surface area contributed by atoms with Gasteiger partial charge in [0.15, 0.2) is 0 Å². The highest BCUT2D eigenvalue weighted by molar-refractivity contribution is 5.78. The molecule has 25 heavy (non-hydrogen) atoms. The summed E-state index contributed by atoms with van der Waals surface area (Å²) in [4.78, 5) is 4.69. The van der Waals surface area contributed by atoms with Gasteiger partial charge in [0.2, 0.25) is 0 Å². The molecule has 2 aromatic carbocycles. The van der Waals surface area contributed by atoms with Gasteiger partial charge < -0.3 is 9.84 Å². The van der Waals surface area contributed by atoms with Crippen molar-refractivity contribution in [2.75, 3.05) is 7.11 Å². The molecular formula is C20H17N3O2. The minimum absolute atomic E-state index is 0.189. The summed E-state index contributed by atoms with van der Waals surface area (Å²) in [6, 6.07) is 19.1. The van der Waals surface area contributed by atoms with Gasteiger partial charge in [-0.3, -0.25) is 9.67 Å². The number of aromatic hydroxyl groups is 1. The van der Waals surface area contributed by atoms with Crippen molar-refractivity contribution in [3.63, 3.8) is 0 Å². The van der Waals surface area contributed by atoms with Crippen molar-refractivity contribution < 1.29 is 9.84 Å². The van der Waals surface area contributed by atoms with Crippen LogP contribution in [0.1, 0.15) is 5.69 Å². The van der Waals surface area contributed by atoms with E-state index in [4.69, 9.17) is 9.72 Å². The molecule has 0 fully saturated rings. The van der Waals surface area contributed by atoms with Crippen LogP contribution in [0.15, 0.2) is 66.9 Å². The topological polar surface area (TPSA) is 60.2 Å². The molecule has 124 valence electrons. The fourth-order valence-corrected chi connectivity index (χ4v) is 2.88. The lowest BCUT2D eigenvalue weighted by atomic mass is 10.1. The second-order valence-corrected chi connectivity index (χ2v) is 5.75. The van der Waals surface area contributed by atoms with Crippen LogP contribution in [0.2, 0.25) is 0 Å². The first-order chi connectivity index (χ1) is 12.2. The zero-order valence-corrected chi connectivity index (χ0v) is 13.8. The number of methoxy groups -OCH3 is 1. The van der Waals surface area contributed by atoms with Gasteiger partial charge in [0, 0.05) is 17.1 Å². The summed E-state index contributed by atoms with van der Waals surface area (Å²) in [5.74, 6) is 0.874. The van der Waals surface area contributed by atoms with Crippen molar-refractivity contribution in [2.45, 2.75) is 6.54 Å². The lowest BCUT2D eigenvalue weighted by Gasteiger charge is -2.11. The maximum atomic E-state index is 10.2. The Kier molecular flexibility index (Phi) is 3.82. The van der Waals surface area contributed by atoms with Gasteiger partial charge in [-0.05, 0) is 36.4 Å². The average molecular weight is 331 g/mol. The molecule has 2 aromatic heterocycles. The van der Waals surface area contributed by atoms with Crippen molar-refractivity contribution >= 4 is 10.9 Å².